The zero-order chi connectivity index (χ0) is 21.3. The highest BCUT2D eigenvalue weighted by Crippen LogP contribution is 2.31. The van der Waals surface area contributed by atoms with Crippen LogP contribution in [0.3, 0.4) is 0 Å². The largest absolute Gasteiger partial charge is 0.392 e. The quantitative estimate of drug-likeness (QED) is 0.678. The number of hydrogen-bond acceptors (Lipinski definition) is 5. The van der Waals surface area contributed by atoms with E-state index in [1.807, 2.05) is 42.5 Å². The number of rotatable bonds is 5. The van der Waals surface area contributed by atoms with Gasteiger partial charge in [-0.2, -0.15) is 9.40 Å². The van der Waals surface area contributed by atoms with Gasteiger partial charge < -0.3 is 5.11 Å². The topological polar surface area (TPSA) is 88.3 Å². The summed E-state index contributed by atoms with van der Waals surface area (Å²) in [6, 6.07) is 13.5. The first kappa shape index (κ1) is 20.7. The standard InChI is InChI=1S/C22H26N4O3S/c1-16-22(14-25(2)24-16)30(28,29)26-11-5-8-19(13-26)21-10-4-9-20(23-21)18-7-3-6-17(12-18)15-27/h3-4,6-7,9-10,12,14,19,27H,5,8,11,13,15H2,1-2H3. The first-order valence-electron chi connectivity index (χ1n) is 10.1. The monoisotopic (exact) mass is 426 g/mol. The van der Waals surface area contributed by atoms with Gasteiger partial charge in [-0.25, -0.2) is 8.42 Å². The molecule has 30 heavy (non-hydrogen) atoms. The van der Waals surface area contributed by atoms with Gasteiger partial charge in [0, 0.05) is 43.5 Å². The normalized spacial score (nSPS) is 17.9. The van der Waals surface area contributed by atoms with Gasteiger partial charge in [0.1, 0.15) is 4.90 Å². The van der Waals surface area contributed by atoms with Crippen molar-refractivity contribution in [2.45, 2.75) is 37.2 Å². The third-order valence-electron chi connectivity index (χ3n) is 5.56. The highest BCUT2D eigenvalue weighted by molar-refractivity contribution is 7.89. The number of piperidine rings is 1. The van der Waals surface area contributed by atoms with Crippen LogP contribution in [0.15, 0.2) is 53.6 Å². The molecule has 2 aromatic heterocycles. The minimum absolute atomic E-state index is 0.0171. The molecule has 0 spiro atoms. The molecular weight excluding hydrogens is 400 g/mol. The molecule has 3 aromatic rings. The van der Waals surface area contributed by atoms with Crippen molar-refractivity contribution in [3.63, 3.8) is 0 Å². The molecule has 0 radical (unpaired) electrons. The summed E-state index contributed by atoms with van der Waals surface area (Å²) in [5.74, 6) is 0.0338. The maximum atomic E-state index is 13.2. The lowest BCUT2D eigenvalue weighted by Crippen LogP contribution is -2.39. The Bertz CT molecular complexity index is 1160. The van der Waals surface area contributed by atoms with Crippen molar-refractivity contribution in [1.82, 2.24) is 19.1 Å². The zero-order valence-electron chi connectivity index (χ0n) is 17.2. The molecule has 1 aliphatic rings. The first-order valence-corrected chi connectivity index (χ1v) is 11.5. The Morgan fingerprint density at radius 1 is 1.20 bits per heavy atom. The number of nitrogens with zero attached hydrogens (tertiary/aromatic N) is 4. The van der Waals surface area contributed by atoms with Crippen LogP contribution in [0.1, 0.15) is 35.7 Å². The summed E-state index contributed by atoms with van der Waals surface area (Å²) < 4.78 is 29.5. The Morgan fingerprint density at radius 2 is 2.00 bits per heavy atom. The van der Waals surface area contributed by atoms with E-state index in [9.17, 15) is 13.5 Å². The van der Waals surface area contributed by atoms with Crippen molar-refractivity contribution in [2.75, 3.05) is 13.1 Å². The van der Waals surface area contributed by atoms with E-state index in [0.717, 1.165) is 35.4 Å². The number of hydrogen-bond donors (Lipinski definition) is 1. The fourth-order valence-electron chi connectivity index (χ4n) is 4.04. The fraction of sp³-hybridized carbons (Fsp3) is 0.364. The number of benzene rings is 1. The smallest absolute Gasteiger partial charge is 0.246 e. The molecular formula is C22H26N4O3S. The van der Waals surface area contributed by atoms with Crippen molar-refractivity contribution in [1.29, 1.82) is 0 Å². The van der Waals surface area contributed by atoms with Gasteiger partial charge >= 0.3 is 0 Å². The van der Waals surface area contributed by atoms with E-state index in [-0.39, 0.29) is 17.4 Å². The molecule has 1 aliphatic heterocycles. The second-order valence-electron chi connectivity index (χ2n) is 7.76. The van der Waals surface area contributed by atoms with E-state index in [1.54, 1.807) is 24.5 Å². The van der Waals surface area contributed by atoms with Crippen molar-refractivity contribution < 1.29 is 13.5 Å². The number of aromatic nitrogens is 3. The molecule has 3 heterocycles. The molecule has 7 nitrogen and oxygen atoms in total. The van der Waals surface area contributed by atoms with E-state index in [1.165, 1.54) is 4.68 Å². The van der Waals surface area contributed by atoms with Gasteiger partial charge in [0.2, 0.25) is 10.0 Å². The molecule has 4 rings (SSSR count). The predicted octanol–water partition coefficient (Wildman–Crippen LogP) is 2.85. The molecule has 8 heteroatoms. The van der Waals surface area contributed by atoms with Gasteiger partial charge in [0.15, 0.2) is 0 Å². The van der Waals surface area contributed by atoms with Gasteiger partial charge in [-0.05, 0) is 43.5 Å². The van der Waals surface area contributed by atoms with Crippen LogP contribution < -0.4 is 0 Å². The van der Waals surface area contributed by atoms with Crippen LogP contribution in [0.25, 0.3) is 11.3 Å². The van der Waals surface area contributed by atoms with Crippen LogP contribution in [0, 0.1) is 6.92 Å². The average molecular weight is 427 g/mol. The van der Waals surface area contributed by atoms with Crippen LogP contribution in [0.4, 0.5) is 0 Å². The minimum Gasteiger partial charge on any atom is -0.392 e. The van der Waals surface area contributed by atoms with Crippen molar-refractivity contribution in [3.8, 4) is 11.3 Å². The SMILES string of the molecule is Cc1nn(C)cc1S(=O)(=O)N1CCCC(c2cccc(-c3cccc(CO)c3)n2)C1. The maximum Gasteiger partial charge on any atom is 0.246 e. The minimum atomic E-state index is -3.59. The summed E-state index contributed by atoms with van der Waals surface area (Å²) in [6.45, 7) is 2.62. The van der Waals surface area contributed by atoms with Crippen LogP contribution >= 0.6 is 0 Å². The number of aliphatic hydroxyl groups is 1. The summed E-state index contributed by atoms with van der Waals surface area (Å²) >= 11 is 0. The Hall–Kier alpha value is -2.55. The summed E-state index contributed by atoms with van der Waals surface area (Å²) in [5.41, 5.74) is 4.01. The molecule has 1 unspecified atom stereocenters. The molecule has 1 N–H and O–H groups in total. The van der Waals surface area contributed by atoms with Gasteiger partial charge in [-0.15, -0.1) is 0 Å². The number of aliphatic hydroxyl groups excluding tert-OH is 1. The predicted molar refractivity (Wildman–Crippen MR) is 114 cm³/mol. The van der Waals surface area contributed by atoms with Gasteiger partial charge in [0.25, 0.3) is 0 Å². The van der Waals surface area contributed by atoms with Gasteiger partial charge in [-0.1, -0.05) is 24.3 Å². The van der Waals surface area contributed by atoms with E-state index in [0.29, 0.717) is 18.8 Å². The molecule has 0 aliphatic carbocycles. The molecule has 0 bridgehead atoms. The lowest BCUT2D eigenvalue weighted by molar-refractivity contribution is 0.282. The summed E-state index contributed by atoms with van der Waals surface area (Å²) in [6.07, 6.45) is 3.25. The van der Waals surface area contributed by atoms with E-state index >= 15 is 0 Å². The van der Waals surface area contributed by atoms with Crippen LogP contribution in [0.2, 0.25) is 0 Å². The lowest BCUT2D eigenvalue weighted by atomic mass is 9.95. The van der Waals surface area contributed by atoms with E-state index in [4.69, 9.17) is 4.98 Å². The summed E-state index contributed by atoms with van der Waals surface area (Å²) in [4.78, 5) is 5.10. The highest BCUT2D eigenvalue weighted by Gasteiger charge is 2.33. The van der Waals surface area contributed by atoms with E-state index < -0.39 is 10.0 Å². The Morgan fingerprint density at radius 3 is 2.73 bits per heavy atom. The second-order valence-corrected chi connectivity index (χ2v) is 9.67. The third kappa shape index (κ3) is 4.03. The second kappa shape index (κ2) is 8.29. The number of sulfonamides is 1. The van der Waals surface area contributed by atoms with Crippen molar-refractivity contribution in [3.05, 3.63) is 65.6 Å². The van der Waals surface area contributed by atoms with Crippen molar-refractivity contribution >= 4 is 10.0 Å². The molecule has 1 fully saturated rings. The highest BCUT2D eigenvalue weighted by atomic mass is 32.2. The third-order valence-corrected chi connectivity index (χ3v) is 7.53. The zero-order valence-corrected chi connectivity index (χ0v) is 18.0. The Balaban J connectivity index is 1.60. The van der Waals surface area contributed by atoms with E-state index in [2.05, 4.69) is 5.10 Å². The maximum absolute atomic E-state index is 13.2. The van der Waals surface area contributed by atoms with Crippen LogP contribution in [-0.2, 0) is 23.7 Å². The van der Waals surface area contributed by atoms with Crippen molar-refractivity contribution in [2.24, 2.45) is 7.05 Å². The molecule has 1 saturated heterocycles. The summed E-state index contributed by atoms with van der Waals surface area (Å²) in [5, 5.41) is 13.6. The average Bonchev–Trinajstić information content (AvgIpc) is 3.12. The first-order chi connectivity index (χ1) is 14.4. The van der Waals surface area contributed by atoms with Gasteiger partial charge in [-0.3, -0.25) is 9.67 Å². The molecule has 1 aromatic carbocycles. The number of aryl methyl sites for hydroxylation is 2. The molecule has 0 saturated carbocycles. The molecule has 0 amide bonds. The van der Waals surface area contributed by atoms with Crippen LogP contribution in [0.5, 0.6) is 0 Å². The molecule has 1 atom stereocenters. The van der Waals surface area contributed by atoms with Gasteiger partial charge in [0.05, 0.1) is 18.0 Å². The summed E-state index contributed by atoms with van der Waals surface area (Å²) in [7, 11) is -1.86. The Kier molecular flexibility index (Phi) is 5.73. The molecule has 158 valence electrons. The van der Waals surface area contributed by atoms with Crippen LogP contribution in [-0.4, -0.2) is 45.7 Å². The lowest BCUT2D eigenvalue weighted by Gasteiger charge is -2.31. The fourth-order valence-corrected chi connectivity index (χ4v) is 5.76. The Labute approximate surface area is 177 Å². The number of pyridine rings is 1.